The molecule has 0 unspecified atom stereocenters. The van der Waals surface area contributed by atoms with E-state index in [4.69, 9.17) is 4.74 Å². The number of piperidine rings is 1. The van der Waals surface area contributed by atoms with E-state index in [1.54, 1.807) is 14.1 Å². The van der Waals surface area contributed by atoms with Crippen LogP contribution in [-0.2, 0) is 14.3 Å². The summed E-state index contributed by atoms with van der Waals surface area (Å²) < 4.78 is 31.8. The van der Waals surface area contributed by atoms with Crippen molar-refractivity contribution in [3.05, 3.63) is 35.4 Å². The molecule has 1 aliphatic heterocycles. The van der Waals surface area contributed by atoms with Gasteiger partial charge >= 0.3 is 5.97 Å². The van der Waals surface area contributed by atoms with Crippen LogP contribution in [0.5, 0.6) is 0 Å². The zero-order valence-corrected chi connectivity index (χ0v) is 15.5. The van der Waals surface area contributed by atoms with Gasteiger partial charge in [0.1, 0.15) is 17.7 Å². The Balaban J connectivity index is 1.72. The number of likely N-dealkylation sites (tertiary alicyclic amines) is 1. The Labute approximate surface area is 157 Å². The van der Waals surface area contributed by atoms with E-state index in [0.717, 1.165) is 12.1 Å². The molecule has 0 atom stereocenters. The van der Waals surface area contributed by atoms with Crippen LogP contribution in [0.15, 0.2) is 18.2 Å². The minimum atomic E-state index is -0.937. The van der Waals surface area contributed by atoms with Gasteiger partial charge in [-0.1, -0.05) is 0 Å². The number of ketones is 1. The van der Waals surface area contributed by atoms with Crippen molar-refractivity contribution in [3.8, 4) is 0 Å². The van der Waals surface area contributed by atoms with Gasteiger partial charge in [0.15, 0.2) is 5.78 Å². The van der Waals surface area contributed by atoms with Crippen molar-refractivity contribution in [2.24, 2.45) is 0 Å². The van der Waals surface area contributed by atoms with E-state index in [1.165, 1.54) is 4.90 Å². The lowest BCUT2D eigenvalue weighted by Crippen LogP contribution is -2.43. The van der Waals surface area contributed by atoms with Crippen LogP contribution in [0.2, 0.25) is 0 Å². The van der Waals surface area contributed by atoms with E-state index in [0.29, 0.717) is 38.5 Å². The third-order valence-corrected chi connectivity index (χ3v) is 4.48. The van der Waals surface area contributed by atoms with Crippen molar-refractivity contribution in [1.82, 2.24) is 9.80 Å². The highest BCUT2D eigenvalue weighted by molar-refractivity contribution is 5.97. The molecule has 8 heteroatoms. The highest BCUT2D eigenvalue weighted by Gasteiger charge is 2.24. The standard InChI is InChI=1S/C19H24F2N2O4/c1-22(2)18(25)12-23-9-7-14(8-10-23)27-19(26)6-5-17(24)15-4-3-13(20)11-16(15)21/h3-4,11,14H,5-10,12H2,1-2H3. The summed E-state index contributed by atoms with van der Waals surface area (Å²) in [6.45, 7) is 1.64. The number of carbonyl (C=O) groups is 3. The second-order valence-electron chi connectivity index (χ2n) is 6.80. The Morgan fingerprint density at radius 2 is 1.81 bits per heavy atom. The van der Waals surface area contributed by atoms with E-state index in [-0.39, 0.29) is 30.4 Å². The fourth-order valence-corrected chi connectivity index (χ4v) is 2.83. The van der Waals surface area contributed by atoms with Crippen molar-refractivity contribution in [3.63, 3.8) is 0 Å². The Hall–Kier alpha value is -2.35. The monoisotopic (exact) mass is 382 g/mol. The number of Topliss-reactive ketones (excluding diaryl/α,β-unsaturated/α-hetero) is 1. The first-order chi connectivity index (χ1) is 12.8. The van der Waals surface area contributed by atoms with Crippen molar-refractivity contribution in [2.75, 3.05) is 33.7 Å². The topological polar surface area (TPSA) is 66.9 Å². The highest BCUT2D eigenvalue weighted by Crippen LogP contribution is 2.16. The summed E-state index contributed by atoms with van der Waals surface area (Å²) in [4.78, 5) is 39.1. The summed E-state index contributed by atoms with van der Waals surface area (Å²) in [5.74, 6) is -2.76. The number of hydrogen-bond acceptors (Lipinski definition) is 5. The first-order valence-electron chi connectivity index (χ1n) is 8.86. The number of hydrogen-bond donors (Lipinski definition) is 0. The second kappa shape index (κ2) is 9.55. The Kier molecular flexibility index (Phi) is 7.41. The average molecular weight is 382 g/mol. The second-order valence-corrected chi connectivity index (χ2v) is 6.80. The molecule has 0 spiro atoms. The quantitative estimate of drug-likeness (QED) is 0.533. The molecule has 1 heterocycles. The van der Waals surface area contributed by atoms with E-state index in [1.807, 2.05) is 4.90 Å². The minimum Gasteiger partial charge on any atom is -0.462 e. The Morgan fingerprint density at radius 3 is 2.41 bits per heavy atom. The van der Waals surface area contributed by atoms with E-state index < -0.39 is 23.4 Å². The molecule has 1 aromatic carbocycles. The molecule has 6 nitrogen and oxygen atoms in total. The van der Waals surface area contributed by atoms with Gasteiger partial charge in [-0.3, -0.25) is 19.3 Å². The van der Waals surface area contributed by atoms with Gasteiger partial charge in [-0.2, -0.15) is 0 Å². The first-order valence-corrected chi connectivity index (χ1v) is 8.86. The molecule has 1 amide bonds. The number of esters is 1. The number of carbonyl (C=O) groups excluding carboxylic acids is 3. The van der Waals surface area contributed by atoms with Crippen LogP contribution in [0.4, 0.5) is 8.78 Å². The summed E-state index contributed by atoms with van der Waals surface area (Å²) in [6.07, 6.45) is 0.632. The van der Waals surface area contributed by atoms with Crippen LogP contribution < -0.4 is 0 Å². The number of rotatable bonds is 7. The van der Waals surface area contributed by atoms with Gasteiger partial charge in [-0.25, -0.2) is 8.78 Å². The zero-order chi connectivity index (χ0) is 20.0. The van der Waals surface area contributed by atoms with Crippen molar-refractivity contribution in [2.45, 2.75) is 31.8 Å². The van der Waals surface area contributed by atoms with Gasteiger partial charge in [0, 0.05) is 39.7 Å². The lowest BCUT2D eigenvalue weighted by Gasteiger charge is -2.31. The number of ether oxygens (including phenoxy) is 1. The maximum Gasteiger partial charge on any atom is 0.306 e. The molecular weight excluding hydrogens is 358 g/mol. The van der Waals surface area contributed by atoms with E-state index in [2.05, 4.69) is 0 Å². The molecular formula is C19H24F2N2O4. The van der Waals surface area contributed by atoms with Crippen LogP contribution in [0.3, 0.4) is 0 Å². The van der Waals surface area contributed by atoms with Gasteiger partial charge in [-0.05, 0) is 25.0 Å². The number of benzene rings is 1. The number of likely N-dealkylation sites (N-methyl/N-ethyl adjacent to an activating group) is 1. The van der Waals surface area contributed by atoms with Gasteiger partial charge in [0.25, 0.3) is 0 Å². The molecule has 0 saturated carbocycles. The smallest absolute Gasteiger partial charge is 0.306 e. The minimum absolute atomic E-state index is 0.0250. The largest absolute Gasteiger partial charge is 0.462 e. The van der Waals surface area contributed by atoms with Crippen LogP contribution in [-0.4, -0.2) is 67.3 Å². The van der Waals surface area contributed by atoms with Crippen LogP contribution in [0.25, 0.3) is 0 Å². The molecule has 0 aliphatic carbocycles. The van der Waals surface area contributed by atoms with Gasteiger partial charge < -0.3 is 9.64 Å². The summed E-state index contributed by atoms with van der Waals surface area (Å²) >= 11 is 0. The van der Waals surface area contributed by atoms with Crippen LogP contribution in [0.1, 0.15) is 36.0 Å². The summed E-state index contributed by atoms with van der Waals surface area (Å²) in [7, 11) is 3.41. The van der Waals surface area contributed by atoms with Gasteiger partial charge in [-0.15, -0.1) is 0 Å². The molecule has 0 aromatic heterocycles. The molecule has 0 bridgehead atoms. The molecule has 27 heavy (non-hydrogen) atoms. The van der Waals surface area contributed by atoms with Crippen molar-refractivity contribution >= 4 is 17.7 Å². The maximum absolute atomic E-state index is 13.6. The number of halogens is 2. The molecule has 1 fully saturated rings. The fraction of sp³-hybridized carbons (Fsp3) is 0.526. The predicted molar refractivity (Wildman–Crippen MR) is 94.2 cm³/mol. The predicted octanol–water partition coefficient (Wildman–Crippen LogP) is 2.02. The molecule has 0 N–H and O–H groups in total. The SMILES string of the molecule is CN(C)C(=O)CN1CCC(OC(=O)CCC(=O)c2ccc(F)cc2F)CC1. The first kappa shape index (κ1) is 21.0. The normalized spacial score (nSPS) is 15.4. The average Bonchev–Trinajstić information content (AvgIpc) is 2.61. The van der Waals surface area contributed by atoms with Gasteiger partial charge in [0.2, 0.25) is 5.91 Å². The molecule has 0 radical (unpaired) electrons. The third-order valence-electron chi connectivity index (χ3n) is 4.48. The van der Waals surface area contributed by atoms with E-state index in [9.17, 15) is 23.2 Å². The summed E-state index contributed by atoms with van der Waals surface area (Å²) in [5, 5.41) is 0. The lowest BCUT2D eigenvalue weighted by molar-refractivity contribution is -0.151. The number of amides is 1. The van der Waals surface area contributed by atoms with Gasteiger partial charge in [0.05, 0.1) is 18.5 Å². The summed E-state index contributed by atoms with van der Waals surface area (Å²) in [6, 6.07) is 2.72. The molecule has 148 valence electrons. The highest BCUT2D eigenvalue weighted by atomic mass is 19.1. The Morgan fingerprint density at radius 1 is 1.15 bits per heavy atom. The maximum atomic E-state index is 13.6. The van der Waals surface area contributed by atoms with Crippen LogP contribution >= 0.6 is 0 Å². The molecule has 2 rings (SSSR count). The van der Waals surface area contributed by atoms with Crippen LogP contribution in [0, 0.1) is 11.6 Å². The molecule has 1 aromatic rings. The molecule has 1 saturated heterocycles. The van der Waals surface area contributed by atoms with Crippen molar-refractivity contribution < 1.29 is 27.9 Å². The number of nitrogens with zero attached hydrogens (tertiary/aromatic N) is 2. The Bertz CT molecular complexity index is 701. The fourth-order valence-electron chi connectivity index (χ4n) is 2.83. The lowest BCUT2D eigenvalue weighted by atomic mass is 10.1. The summed E-state index contributed by atoms with van der Waals surface area (Å²) in [5.41, 5.74) is -0.233. The zero-order valence-electron chi connectivity index (χ0n) is 15.5. The van der Waals surface area contributed by atoms with Crippen molar-refractivity contribution in [1.29, 1.82) is 0 Å². The molecule has 1 aliphatic rings. The third kappa shape index (κ3) is 6.39. The van der Waals surface area contributed by atoms with E-state index >= 15 is 0 Å².